The van der Waals surface area contributed by atoms with Crippen molar-refractivity contribution in [2.75, 3.05) is 0 Å². The number of aryl methyl sites for hydroxylation is 2. The van der Waals surface area contributed by atoms with E-state index in [1.165, 1.54) is 11.1 Å². The molecule has 2 nitrogen and oxygen atoms in total. The van der Waals surface area contributed by atoms with Crippen molar-refractivity contribution in [2.45, 2.75) is 20.4 Å². The first-order chi connectivity index (χ1) is 8.60. The average molecular weight is 298 g/mol. The quantitative estimate of drug-likeness (QED) is 0.896. The van der Waals surface area contributed by atoms with Crippen molar-refractivity contribution in [1.29, 1.82) is 0 Å². The van der Waals surface area contributed by atoms with Gasteiger partial charge in [0.25, 0.3) is 0 Å². The van der Waals surface area contributed by atoms with E-state index in [1.807, 2.05) is 30.3 Å². The van der Waals surface area contributed by atoms with Crippen LogP contribution in [-0.4, -0.2) is 0 Å². The number of ether oxygens (including phenoxy) is 1. The Labute approximate surface area is 124 Å². The van der Waals surface area contributed by atoms with Gasteiger partial charge in [0.05, 0.1) is 0 Å². The number of hydrogen-bond acceptors (Lipinski definition) is 2. The van der Waals surface area contributed by atoms with Crippen LogP contribution in [0.3, 0.4) is 0 Å². The lowest BCUT2D eigenvalue weighted by atomic mass is 10.1. The zero-order chi connectivity index (χ0) is 13.1. The van der Waals surface area contributed by atoms with Gasteiger partial charge in [0, 0.05) is 17.1 Å². The molecule has 0 aliphatic rings. The van der Waals surface area contributed by atoms with Gasteiger partial charge >= 0.3 is 0 Å². The summed E-state index contributed by atoms with van der Waals surface area (Å²) in [5, 5.41) is 0.669. The minimum Gasteiger partial charge on any atom is -0.457 e. The van der Waals surface area contributed by atoms with Crippen molar-refractivity contribution in [2.24, 2.45) is 5.73 Å². The van der Waals surface area contributed by atoms with Crippen LogP contribution in [0, 0.1) is 13.8 Å². The van der Waals surface area contributed by atoms with Crippen molar-refractivity contribution < 1.29 is 4.74 Å². The lowest BCUT2D eigenvalue weighted by Gasteiger charge is -2.11. The maximum absolute atomic E-state index is 5.93. The Balaban J connectivity index is 0.00000180. The van der Waals surface area contributed by atoms with Gasteiger partial charge in [0.2, 0.25) is 0 Å². The van der Waals surface area contributed by atoms with Crippen LogP contribution < -0.4 is 10.5 Å². The van der Waals surface area contributed by atoms with E-state index in [0.717, 1.165) is 17.1 Å². The fraction of sp³-hybridized carbons (Fsp3) is 0.200. The van der Waals surface area contributed by atoms with Gasteiger partial charge < -0.3 is 10.5 Å². The van der Waals surface area contributed by atoms with Crippen LogP contribution in [0.15, 0.2) is 36.4 Å². The van der Waals surface area contributed by atoms with E-state index in [-0.39, 0.29) is 12.4 Å². The molecule has 0 unspecified atom stereocenters. The number of rotatable bonds is 3. The van der Waals surface area contributed by atoms with Gasteiger partial charge in [-0.15, -0.1) is 12.4 Å². The van der Waals surface area contributed by atoms with Crippen molar-refractivity contribution in [1.82, 2.24) is 0 Å². The molecule has 0 heterocycles. The normalized spacial score (nSPS) is 9.89. The zero-order valence-electron chi connectivity index (χ0n) is 10.9. The number of halogens is 2. The van der Waals surface area contributed by atoms with E-state index in [0.29, 0.717) is 11.6 Å². The Bertz CT molecular complexity index is 570. The highest BCUT2D eigenvalue weighted by atomic mass is 35.5. The summed E-state index contributed by atoms with van der Waals surface area (Å²) in [6, 6.07) is 11.5. The molecule has 0 aliphatic carbocycles. The topological polar surface area (TPSA) is 35.2 Å². The van der Waals surface area contributed by atoms with E-state index in [1.54, 1.807) is 6.07 Å². The smallest absolute Gasteiger partial charge is 0.132 e. The molecule has 2 aromatic carbocycles. The Kier molecular flexibility index (Phi) is 5.67. The first-order valence-corrected chi connectivity index (χ1v) is 6.21. The average Bonchev–Trinajstić information content (AvgIpc) is 2.36. The fourth-order valence-corrected chi connectivity index (χ4v) is 1.91. The molecule has 0 spiro atoms. The van der Waals surface area contributed by atoms with Crippen LogP contribution in [0.2, 0.25) is 5.02 Å². The summed E-state index contributed by atoms with van der Waals surface area (Å²) in [4.78, 5) is 0. The molecule has 19 heavy (non-hydrogen) atoms. The van der Waals surface area contributed by atoms with Gasteiger partial charge in [-0.25, -0.2) is 0 Å². The van der Waals surface area contributed by atoms with Gasteiger partial charge in [0.1, 0.15) is 11.5 Å². The minimum atomic E-state index is 0. The molecule has 0 bridgehead atoms. The molecule has 0 atom stereocenters. The summed E-state index contributed by atoms with van der Waals surface area (Å²) in [5.74, 6) is 1.57. The SMILES string of the molecule is Cc1ccc(Oc2ccc(Cl)cc2CN)cc1C.Cl. The highest BCUT2D eigenvalue weighted by molar-refractivity contribution is 6.30. The van der Waals surface area contributed by atoms with Crippen molar-refractivity contribution in [3.8, 4) is 11.5 Å². The third kappa shape index (κ3) is 3.87. The van der Waals surface area contributed by atoms with E-state index in [4.69, 9.17) is 22.1 Å². The number of hydrogen-bond donors (Lipinski definition) is 1. The summed E-state index contributed by atoms with van der Waals surface area (Å²) in [5.41, 5.74) is 9.04. The Morgan fingerprint density at radius 3 is 2.42 bits per heavy atom. The summed E-state index contributed by atoms with van der Waals surface area (Å²) in [6.45, 7) is 4.54. The standard InChI is InChI=1S/C15H16ClNO.ClH/c1-10-3-5-14(7-11(10)2)18-15-6-4-13(16)8-12(15)9-17;/h3-8H,9,17H2,1-2H3;1H. The molecule has 0 saturated heterocycles. The molecule has 2 aromatic rings. The Hall–Kier alpha value is -1.22. The lowest BCUT2D eigenvalue weighted by molar-refractivity contribution is 0.476. The van der Waals surface area contributed by atoms with Gasteiger partial charge in [-0.3, -0.25) is 0 Å². The first kappa shape index (κ1) is 15.8. The molecule has 2 rings (SSSR count). The van der Waals surface area contributed by atoms with Crippen LogP contribution in [-0.2, 0) is 6.54 Å². The molecule has 4 heteroatoms. The molecule has 0 saturated carbocycles. The second-order valence-electron chi connectivity index (χ2n) is 4.30. The molecular weight excluding hydrogens is 281 g/mol. The van der Waals surface area contributed by atoms with Crippen LogP contribution >= 0.6 is 24.0 Å². The Morgan fingerprint density at radius 1 is 1.05 bits per heavy atom. The molecule has 0 radical (unpaired) electrons. The molecule has 2 N–H and O–H groups in total. The third-order valence-electron chi connectivity index (χ3n) is 2.95. The van der Waals surface area contributed by atoms with Gasteiger partial charge in [-0.05, 0) is 55.3 Å². The van der Waals surface area contributed by atoms with E-state index >= 15 is 0 Å². The fourth-order valence-electron chi connectivity index (χ4n) is 1.71. The predicted octanol–water partition coefficient (Wildman–Crippen LogP) is 4.63. The monoisotopic (exact) mass is 297 g/mol. The van der Waals surface area contributed by atoms with E-state index in [9.17, 15) is 0 Å². The minimum absolute atomic E-state index is 0. The molecule has 0 aliphatic heterocycles. The highest BCUT2D eigenvalue weighted by Gasteiger charge is 2.05. The summed E-state index contributed by atoms with van der Waals surface area (Å²) in [7, 11) is 0. The van der Waals surface area contributed by atoms with E-state index < -0.39 is 0 Å². The second kappa shape index (κ2) is 6.80. The summed E-state index contributed by atoms with van der Waals surface area (Å²) >= 11 is 5.93. The van der Waals surface area contributed by atoms with Gasteiger partial charge in [-0.1, -0.05) is 17.7 Å². The van der Waals surface area contributed by atoms with Crippen molar-refractivity contribution in [3.63, 3.8) is 0 Å². The van der Waals surface area contributed by atoms with Crippen LogP contribution in [0.1, 0.15) is 16.7 Å². The zero-order valence-corrected chi connectivity index (χ0v) is 12.5. The Morgan fingerprint density at radius 2 is 1.79 bits per heavy atom. The lowest BCUT2D eigenvalue weighted by Crippen LogP contribution is -1.99. The molecule has 0 amide bonds. The first-order valence-electron chi connectivity index (χ1n) is 5.84. The molecule has 0 fully saturated rings. The second-order valence-corrected chi connectivity index (χ2v) is 4.74. The third-order valence-corrected chi connectivity index (χ3v) is 3.18. The van der Waals surface area contributed by atoms with Crippen molar-refractivity contribution in [3.05, 3.63) is 58.1 Å². The summed E-state index contributed by atoms with van der Waals surface area (Å²) in [6.07, 6.45) is 0. The largest absolute Gasteiger partial charge is 0.457 e. The predicted molar refractivity (Wildman–Crippen MR) is 82.6 cm³/mol. The molecular formula is C15H17Cl2NO. The number of benzene rings is 2. The van der Waals surface area contributed by atoms with Gasteiger partial charge in [-0.2, -0.15) is 0 Å². The maximum Gasteiger partial charge on any atom is 0.132 e. The van der Waals surface area contributed by atoms with E-state index in [2.05, 4.69) is 13.8 Å². The van der Waals surface area contributed by atoms with Crippen molar-refractivity contribution >= 4 is 24.0 Å². The summed E-state index contributed by atoms with van der Waals surface area (Å²) < 4.78 is 5.85. The molecule has 102 valence electrons. The van der Waals surface area contributed by atoms with Crippen LogP contribution in [0.4, 0.5) is 0 Å². The molecule has 0 aromatic heterocycles. The van der Waals surface area contributed by atoms with Crippen LogP contribution in [0.25, 0.3) is 0 Å². The van der Waals surface area contributed by atoms with Crippen LogP contribution in [0.5, 0.6) is 11.5 Å². The highest BCUT2D eigenvalue weighted by Crippen LogP contribution is 2.28. The maximum atomic E-state index is 5.93. The van der Waals surface area contributed by atoms with Gasteiger partial charge in [0.15, 0.2) is 0 Å². The number of nitrogens with two attached hydrogens (primary N) is 1.